The summed E-state index contributed by atoms with van der Waals surface area (Å²) in [4.78, 5) is 29.6. The van der Waals surface area contributed by atoms with E-state index >= 15 is 0 Å². The average molecular weight is 409 g/mol. The van der Waals surface area contributed by atoms with Crippen molar-refractivity contribution in [2.24, 2.45) is 0 Å². The van der Waals surface area contributed by atoms with Crippen LogP contribution in [0.3, 0.4) is 0 Å². The molecule has 1 aliphatic rings. The molecule has 6 nitrogen and oxygen atoms in total. The molecule has 152 valence electrons. The first-order chi connectivity index (χ1) is 15.2. The van der Waals surface area contributed by atoms with Crippen molar-refractivity contribution in [3.05, 3.63) is 129 Å². The summed E-state index contributed by atoms with van der Waals surface area (Å²) in [5, 5.41) is 3.20. The summed E-state index contributed by atoms with van der Waals surface area (Å²) in [5.41, 5.74) is 2.21. The van der Waals surface area contributed by atoms with Gasteiger partial charge in [-0.1, -0.05) is 60.7 Å². The lowest BCUT2D eigenvalue weighted by molar-refractivity contribution is 0.482. The Bertz CT molecular complexity index is 1360. The molecule has 4 aromatic rings. The lowest BCUT2D eigenvalue weighted by atomic mass is 9.88. The number of H-pyrrole nitrogens is 2. The molecule has 0 radical (unpaired) electrons. The number of allylic oxidation sites excluding steroid dienone is 1. The Balaban J connectivity index is 1.55. The third kappa shape index (κ3) is 3.79. The minimum Gasteiger partial charge on any atom is -0.457 e. The van der Waals surface area contributed by atoms with Crippen molar-refractivity contribution in [3.63, 3.8) is 0 Å². The van der Waals surface area contributed by atoms with Crippen molar-refractivity contribution in [2.75, 3.05) is 5.32 Å². The number of hydrogen-bond acceptors (Lipinski definition) is 4. The van der Waals surface area contributed by atoms with Crippen molar-refractivity contribution in [1.82, 2.24) is 9.97 Å². The lowest BCUT2D eigenvalue weighted by Gasteiger charge is -2.25. The number of aromatic nitrogens is 2. The van der Waals surface area contributed by atoms with Gasteiger partial charge in [0.2, 0.25) is 0 Å². The molecule has 3 N–H and O–H groups in total. The summed E-state index contributed by atoms with van der Waals surface area (Å²) in [6, 6.07) is 26.9. The second kappa shape index (κ2) is 7.84. The van der Waals surface area contributed by atoms with Crippen molar-refractivity contribution in [3.8, 4) is 11.5 Å². The summed E-state index contributed by atoms with van der Waals surface area (Å²) < 4.78 is 5.88. The maximum atomic E-state index is 12.7. The number of aromatic amines is 2. The van der Waals surface area contributed by atoms with Crippen LogP contribution in [0.2, 0.25) is 0 Å². The Morgan fingerprint density at radius 2 is 1.35 bits per heavy atom. The molecule has 0 saturated heterocycles. The zero-order valence-corrected chi connectivity index (χ0v) is 16.5. The third-order valence-corrected chi connectivity index (χ3v) is 5.19. The molecule has 1 aliphatic heterocycles. The Morgan fingerprint density at radius 3 is 2.06 bits per heavy atom. The van der Waals surface area contributed by atoms with Crippen LogP contribution in [0, 0.1) is 0 Å². The molecule has 1 aromatic heterocycles. The molecule has 0 fully saturated rings. The Hall–Kier alpha value is -4.32. The summed E-state index contributed by atoms with van der Waals surface area (Å²) in [5.74, 6) is 1.53. The highest BCUT2D eigenvalue weighted by Gasteiger charge is 2.26. The molecule has 0 bridgehead atoms. The molecule has 1 atom stereocenters. The van der Waals surface area contributed by atoms with Gasteiger partial charge in [-0.05, 0) is 41.5 Å². The third-order valence-electron chi connectivity index (χ3n) is 5.19. The molecule has 0 aliphatic carbocycles. The van der Waals surface area contributed by atoms with E-state index in [0.29, 0.717) is 17.1 Å². The van der Waals surface area contributed by atoms with E-state index in [9.17, 15) is 9.59 Å². The van der Waals surface area contributed by atoms with Gasteiger partial charge in [0.05, 0.1) is 5.56 Å². The summed E-state index contributed by atoms with van der Waals surface area (Å²) >= 11 is 0. The number of fused-ring (bicyclic) bond motifs is 1. The highest BCUT2D eigenvalue weighted by Crippen LogP contribution is 2.36. The highest BCUT2D eigenvalue weighted by molar-refractivity contribution is 5.81. The largest absolute Gasteiger partial charge is 0.457 e. The summed E-state index contributed by atoms with van der Waals surface area (Å²) in [6.07, 6.45) is 2.00. The van der Waals surface area contributed by atoms with Gasteiger partial charge in [0.1, 0.15) is 17.3 Å². The van der Waals surface area contributed by atoms with Crippen LogP contribution < -0.4 is 21.3 Å². The summed E-state index contributed by atoms with van der Waals surface area (Å²) in [7, 11) is 0. The van der Waals surface area contributed by atoms with E-state index in [1.807, 2.05) is 91.0 Å². The molecule has 2 heterocycles. The molecule has 0 spiro atoms. The van der Waals surface area contributed by atoms with Crippen LogP contribution in [0.25, 0.3) is 5.70 Å². The van der Waals surface area contributed by atoms with Gasteiger partial charge < -0.3 is 10.1 Å². The number of anilines is 1. The fourth-order valence-electron chi connectivity index (χ4n) is 3.73. The second-order valence-corrected chi connectivity index (χ2v) is 7.23. The quantitative estimate of drug-likeness (QED) is 0.465. The zero-order chi connectivity index (χ0) is 21.2. The van der Waals surface area contributed by atoms with Crippen LogP contribution in [0.4, 0.5) is 5.82 Å². The van der Waals surface area contributed by atoms with Crippen molar-refractivity contribution >= 4 is 11.5 Å². The monoisotopic (exact) mass is 409 g/mol. The maximum absolute atomic E-state index is 12.7. The van der Waals surface area contributed by atoms with Crippen molar-refractivity contribution in [1.29, 1.82) is 0 Å². The normalized spacial score (nSPS) is 14.8. The number of nitrogens with one attached hydrogen (secondary N) is 3. The first-order valence-corrected chi connectivity index (χ1v) is 9.91. The van der Waals surface area contributed by atoms with Crippen LogP contribution in [-0.2, 0) is 0 Å². The fourth-order valence-corrected chi connectivity index (χ4v) is 3.73. The molecule has 5 rings (SSSR count). The zero-order valence-electron chi connectivity index (χ0n) is 16.5. The maximum Gasteiger partial charge on any atom is 0.327 e. The molecular formula is C25H19N3O3. The van der Waals surface area contributed by atoms with Gasteiger partial charge in [-0.15, -0.1) is 0 Å². The minimum atomic E-state index is -0.545. The molecule has 1 unspecified atom stereocenters. The Morgan fingerprint density at radius 1 is 0.710 bits per heavy atom. The first kappa shape index (κ1) is 18.7. The number of hydrogen-bond donors (Lipinski definition) is 3. The lowest BCUT2D eigenvalue weighted by Crippen LogP contribution is -2.31. The van der Waals surface area contributed by atoms with E-state index in [1.54, 1.807) is 0 Å². The van der Waals surface area contributed by atoms with Gasteiger partial charge in [-0.25, -0.2) is 4.79 Å². The van der Waals surface area contributed by atoms with Crippen molar-refractivity contribution < 1.29 is 4.74 Å². The van der Waals surface area contributed by atoms with E-state index in [0.717, 1.165) is 22.6 Å². The van der Waals surface area contributed by atoms with Gasteiger partial charge in [0, 0.05) is 11.6 Å². The fraction of sp³-hybridized carbons (Fsp3) is 0.0400. The topological polar surface area (TPSA) is 87.0 Å². The molecule has 0 amide bonds. The predicted molar refractivity (Wildman–Crippen MR) is 121 cm³/mol. The Labute approximate surface area is 177 Å². The molecule has 0 saturated carbocycles. The van der Waals surface area contributed by atoms with Crippen LogP contribution in [-0.4, -0.2) is 9.97 Å². The summed E-state index contributed by atoms with van der Waals surface area (Å²) in [6.45, 7) is 0. The van der Waals surface area contributed by atoms with E-state index in [1.165, 1.54) is 0 Å². The standard InChI is InChI=1S/C25H19N3O3/c29-24-22-20(16-11-13-19(14-12-16)31-18-9-5-2-6-10-18)15-21(17-7-3-1-4-8-17)26-23(22)27-25(30)28-24/h1-15,20H,(H3,26,27,28,29,30). The van der Waals surface area contributed by atoms with Gasteiger partial charge >= 0.3 is 5.69 Å². The number of rotatable bonds is 4. The molecule has 31 heavy (non-hydrogen) atoms. The van der Waals surface area contributed by atoms with E-state index in [2.05, 4.69) is 15.3 Å². The van der Waals surface area contributed by atoms with Crippen LogP contribution in [0.15, 0.2) is 101 Å². The van der Waals surface area contributed by atoms with Gasteiger partial charge in [0.25, 0.3) is 5.56 Å². The smallest absolute Gasteiger partial charge is 0.327 e. The minimum absolute atomic E-state index is 0.335. The van der Waals surface area contributed by atoms with E-state index in [4.69, 9.17) is 4.74 Å². The Kier molecular flexibility index (Phi) is 4.72. The molecule has 6 heteroatoms. The number of para-hydroxylation sites is 1. The highest BCUT2D eigenvalue weighted by atomic mass is 16.5. The predicted octanol–water partition coefficient (Wildman–Crippen LogP) is 4.45. The first-order valence-electron chi connectivity index (χ1n) is 9.91. The molecule has 3 aromatic carbocycles. The molecular weight excluding hydrogens is 390 g/mol. The number of ether oxygens (including phenoxy) is 1. The SMILES string of the molecule is O=c1[nH]c2c(c(=O)[nH]1)C(c1ccc(Oc3ccccc3)cc1)C=C(c1ccccc1)N2. The number of benzene rings is 3. The van der Waals surface area contributed by atoms with Gasteiger partial charge in [0.15, 0.2) is 0 Å². The average Bonchev–Trinajstić information content (AvgIpc) is 2.80. The van der Waals surface area contributed by atoms with Gasteiger partial charge in [-0.2, -0.15) is 0 Å². The van der Waals surface area contributed by atoms with Crippen LogP contribution in [0.1, 0.15) is 22.6 Å². The second-order valence-electron chi connectivity index (χ2n) is 7.23. The van der Waals surface area contributed by atoms with Crippen LogP contribution >= 0.6 is 0 Å². The van der Waals surface area contributed by atoms with E-state index < -0.39 is 11.2 Å². The van der Waals surface area contributed by atoms with Crippen LogP contribution in [0.5, 0.6) is 11.5 Å². The van der Waals surface area contributed by atoms with E-state index in [-0.39, 0.29) is 5.92 Å². The van der Waals surface area contributed by atoms with Crippen molar-refractivity contribution in [2.45, 2.75) is 5.92 Å². The van der Waals surface area contributed by atoms with Gasteiger partial charge in [-0.3, -0.25) is 14.8 Å².